The second-order valence-corrected chi connectivity index (χ2v) is 5.30. The third kappa shape index (κ3) is 3.57. The van der Waals surface area contributed by atoms with Gasteiger partial charge in [-0.2, -0.15) is 0 Å². The molecule has 0 radical (unpaired) electrons. The number of nitrogens with one attached hydrogen (secondary N) is 2. The van der Waals surface area contributed by atoms with Crippen LogP contribution in [0.5, 0.6) is 0 Å². The maximum absolute atomic E-state index is 12.2. The van der Waals surface area contributed by atoms with Gasteiger partial charge in [-0.1, -0.05) is 23.7 Å². The van der Waals surface area contributed by atoms with Crippen molar-refractivity contribution in [2.45, 2.75) is 0 Å². The van der Waals surface area contributed by atoms with Gasteiger partial charge in [0, 0.05) is 16.2 Å². The zero-order valence-electron chi connectivity index (χ0n) is 10.1. The van der Waals surface area contributed by atoms with E-state index in [1.165, 1.54) is 6.07 Å². The highest BCUT2D eigenvalue weighted by Crippen LogP contribution is 2.19. The summed E-state index contributed by atoms with van der Waals surface area (Å²) < 4.78 is 0.974. The number of benzene rings is 1. The van der Waals surface area contributed by atoms with Gasteiger partial charge in [0.05, 0.1) is 5.69 Å². The second kappa shape index (κ2) is 6.21. The van der Waals surface area contributed by atoms with Crippen molar-refractivity contribution in [3.8, 4) is 0 Å². The number of amides is 1. The van der Waals surface area contributed by atoms with Crippen molar-refractivity contribution in [1.29, 1.82) is 0 Å². The van der Waals surface area contributed by atoms with Crippen molar-refractivity contribution >= 4 is 51.6 Å². The number of carbonyl (C=O) groups is 1. The molecule has 98 valence electrons. The molecule has 1 aromatic carbocycles. The van der Waals surface area contributed by atoms with Gasteiger partial charge in [0.15, 0.2) is 0 Å². The minimum atomic E-state index is -0.218. The lowest BCUT2D eigenvalue weighted by atomic mass is 10.2. The van der Waals surface area contributed by atoms with Crippen LogP contribution in [0.3, 0.4) is 0 Å². The average molecular weight is 388 g/mol. The number of carbonyl (C=O) groups excluding carboxylic acids is 1. The lowest BCUT2D eigenvalue weighted by Crippen LogP contribution is -2.13. The highest BCUT2D eigenvalue weighted by molar-refractivity contribution is 14.1. The van der Waals surface area contributed by atoms with Crippen molar-refractivity contribution in [1.82, 2.24) is 4.98 Å². The monoisotopic (exact) mass is 387 g/mol. The first-order valence-corrected chi connectivity index (χ1v) is 6.97. The van der Waals surface area contributed by atoms with Crippen LogP contribution in [-0.4, -0.2) is 17.9 Å². The summed E-state index contributed by atoms with van der Waals surface area (Å²) in [5.41, 5.74) is 1.23. The van der Waals surface area contributed by atoms with Crippen molar-refractivity contribution in [2.24, 2.45) is 0 Å². The molecule has 0 spiro atoms. The van der Waals surface area contributed by atoms with Crippen LogP contribution in [-0.2, 0) is 0 Å². The fourth-order valence-corrected chi connectivity index (χ4v) is 2.24. The number of halogens is 2. The molecular weight excluding hydrogens is 377 g/mol. The third-order valence-electron chi connectivity index (χ3n) is 2.43. The first kappa shape index (κ1) is 14.1. The summed E-state index contributed by atoms with van der Waals surface area (Å²) in [6.07, 6.45) is 0. The van der Waals surface area contributed by atoms with E-state index < -0.39 is 0 Å². The molecule has 4 nitrogen and oxygen atoms in total. The van der Waals surface area contributed by atoms with E-state index >= 15 is 0 Å². The second-order valence-electron chi connectivity index (χ2n) is 3.75. The zero-order valence-corrected chi connectivity index (χ0v) is 13.0. The van der Waals surface area contributed by atoms with E-state index in [9.17, 15) is 4.79 Å². The number of hydrogen-bond donors (Lipinski definition) is 2. The molecule has 0 atom stereocenters. The number of nitrogens with zero attached hydrogens (tertiary/aromatic N) is 1. The van der Waals surface area contributed by atoms with Gasteiger partial charge in [0.1, 0.15) is 11.0 Å². The van der Waals surface area contributed by atoms with Gasteiger partial charge in [-0.25, -0.2) is 4.98 Å². The normalized spacial score (nSPS) is 10.1. The van der Waals surface area contributed by atoms with Gasteiger partial charge in [0.25, 0.3) is 5.91 Å². The number of anilines is 2. The Morgan fingerprint density at radius 2 is 2.05 bits per heavy atom. The molecule has 0 aliphatic heterocycles. The molecule has 1 heterocycles. The maximum atomic E-state index is 12.2. The van der Waals surface area contributed by atoms with Gasteiger partial charge in [0.2, 0.25) is 0 Å². The largest absolute Gasteiger partial charge is 0.373 e. The molecule has 0 saturated carbocycles. The molecule has 1 aromatic heterocycles. The summed E-state index contributed by atoms with van der Waals surface area (Å²) >= 11 is 8.04. The Labute approximate surface area is 129 Å². The summed E-state index contributed by atoms with van der Waals surface area (Å²) in [5, 5.41) is 5.98. The van der Waals surface area contributed by atoms with E-state index in [0.717, 1.165) is 9.26 Å². The van der Waals surface area contributed by atoms with Crippen molar-refractivity contribution in [3.63, 3.8) is 0 Å². The van der Waals surface area contributed by atoms with Crippen LogP contribution in [0.4, 0.5) is 11.5 Å². The van der Waals surface area contributed by atoms with Crippen LogP contribution in [0.2, 0.25) is 5.15 Å². The molecule has 0 saturated heterocycles. The van der Waals surface area contributed by atoms with Gasteiger partial charge < -0.3 is 10.6 Å². The molecule has 0 aliphatic carbocycles. The van der Waals surface area contributed by atoms with Crippen molar-refractivity contribution in [3.05, 3.63) is 50.7 Å². The SMILES string of the molecule is CNc1cc(C(=O)Nc2ccccc2I)cc(Cl)n1. The van der Waals surface area contributed by atoms with E-state index in [4.69, 9.17) is 11.6 Å². The molecule has 2 rings (SSSR count). The molecule has 0 fully saturated rings. The number of hydrogen-bond acceptors (Lipinski definition) is 3. The van der Waals surface area contributed by atoms with Gasteiger partial charge in [-0.3, -0.25) is 4.79 Å². The summed E-state index contributed by atoms with van der Waals surface area (Å²) in [6, 6.07) is 10.7. The maximum Gasteiger partial charge on any atom is 0.255 e. The topological polar surface area (TPSA) is 54.0 Å². The number of rotatable bonds is 3. The Kier molecular flexibility index (Phi) is 4.60. The Morgan fingerprint density at radius 1 is 1.32 bits per heavy atom. The van der Waals surface area contributed by atoms with E-state index in [0.29, 0.717) is 11.4 Å². The molecule has 19 heavy (non-hydrogen) atoms. The number of aromatic nitrogens is 1. The van der Waals surface area contributed by atoms with Crippen molar-refractivity contribution < 1.29 is 4.79 Å². The molecule has 0 unspecified atom stereocenters. The van der Waals surface area contributed by atoms with Crippen LogP contribution < -0.4 is 10.6 Å². The number of pyridine rings is 1. The summed E-state index contributed by atoms with van der Waals surface area (Å²) in [4.78, 5) is 16.2. The van der Waals surface area contributed by atoms with Gasteiger partial charge in [-0.05, 0) is 46.9 Å². The smallest absolute Gasteiger partial charge is 0.255 e. The van der Waals surface area contributed by atoms with Crippen LogP contribution in [0.15, 0.2) is 36.4 Å². The fourth-order valence-electron chi connectivity index (χ4n) is 1.51. The van der Waals surface area contributed by atoms with Gasteiger partial charge in [-0.15, -0.1) is 0 Å². The molecule has 1 amide bonds. The van der Waals surface area contributed by atoms with Gasteiger partial charge >= 0.3 is 0 Å². The molecule has 2 N–H and O–H groups in total. The van der Waals surface area contributed by atoms with Crippen LogP contribution >= 0.6 is 34.2 Å². The number of para-hydroxylation sites is 1. The average Bonchev–Trinajstić information content (AvgIpc) is 2.40. The van der Waals surface area contributed by atoms with Crippen LogP contribution in [0.1, 0.15) is 10.4 Å². The Bertz CT molecular complexity index is 619. The van der Waals surface area contributed by atoms with E-state index in [2.05, 4.69) is 38.2 Å². The molecular formula is C13H11ClIN3O. The highest BCUT2D eigenvalue weighted by atomic mass is 127. The molecule has 0 bridgehead atoms. The first-order valence-electron chi connectivity index (χ1n) is 5.51. The lowest BCUT2D eigenvalue weighted by molar-refractivity contribution is 0.102. The highest BCUT2D eigenvalue weighted by Gasteiger charge is 2.10. The lowest BCUT2D eigenvalue weighted by Gasteiger charge is -2.08. The zero-order chi connectivity index (χ0) is 13.8. The summed E-state index contributed by atoms with van der Waals surface area (Å²) in [7, 11) is 1.72. The van der Waals surface area contributed by atoms with Crippen molar-refractivity contribution in [2.75, 3.05) is 17.7 Å². The summed E-state index contributed by atoms with van der Waals surface area (Å²) in [5.74, 6) is 0.338. The van der Waals surface area contributed by atoms with E-state index in [1.807, 2.05) is 24.3 Å². The Hall–Kier alpha value is -1.34. The molecule has 2 aromatic rings. The predicted octanol–water partition coefficient (Wildman–Crippen LogP) is 3.63. The standard InChI is InChI=1S/C13H11ClIN3O/c1-16-12-7-8(6-11(14)18-12)13(19)17-10-5-3-2-4-9(10)15/h2-7H,1H3,(H,16,18)(H,17,19). The minimum Gasteiger partial charge on any atom is -0.373 e. The Morgan fingerprint density at radius 3 is 2.74 bits per heavy atom. The fraction of sp³-hybridized carbons (Fsp3) is 0.0769. The Balaban J connectivity index is 2.25. The van der Waals surface area contributed by atoms with E-state index in [1.54, 1.807) is 13.1 Å². The minimum absolute atomic E-state index is 0.218. The van der Waals surface area contributed by atoms with Crippen LogP contribution in [0.25, 0.3) is 0 Å². The quantitative estimate of drug-likeness (QED) is 0.625. The molecule has 0 aliphatic rings. The third-order valence-corrected chi connectivity index (χ3v) is 3.57. The van der Waals surface area contributed by atoms with E-state index in [-0.39, 0.29) is 11.1 Å². The first-order chi connectivity index (χ1) is 9.10. The molecule has 6 heteroatoms. The van der Waals surface area contributed by atoms with Crippen LogP contribution in [0, 0.1) is 3.57 Å². The summed E-state index contributed by atoms with van der Waals surface area (Å²) in [6.45, 7) is 0. The predicted molar refractivity (Wildman–Crippen MR) is 85.9 cm³/mol.